The highest BCUT2D eigenvalue weighted by molar-refractivity contribution is 7.99. The molecule has 1 aliphatic rings. The second-order valence-electron chi connectivity index (χ2n) is 4.52. The highest BCUT2D eigenvalue weighted by Crippen LogP contribution is 2.06. The number of hydrogen-bond acceptors (Lipinski definition) is 5. The third-order valence-corrected chi connectivity index (χ3v) is 4.13. The molecule has 1 aliphatic heterocycles. The molecule has 0 bridgehead atoms. The van der Waals surface area contributed by atoms with Crippen molar-refractivity contribution in [3.8, 4) is 0 Å². The minimum absolute atomic E-state index is 0.280. The summed E-state index contributed by atoms with van der Waals surface area (Å²) in [6.07, 6.45) is 3.30. The Labute approximate surface area is 118 Å². The molecule has 1 fully saturated rings. The second-order valence-corrected chi connectivity index (χ2v) is 5.79. The second kappa shape index (κ2) is 7.49. The van der Waals surface area contributed by atoms with Crippen molar-refractivity contribution in [3.63, 3.8) is 0 Å². The van der Waals surface area contributed by atoms with Crippen molar-refractivity contribution in [2.45, 2.75) is 13.5 Å². The number of hydrogen-bond donors (Lipinski definition) is 0. The van der Waals surface area contributed by atoms with E-state index in [1.54, 1.807) is 24.4 Å². The fraction of sp³-hybridized carbons (Fsp3) is 0.750. The first-order valence-electron chi connectivity index (χ1n) is 6.70. The Morgan fingerprint density at radius 2 is 2.05 bits per heavy atom. The average molecular weight is 283 g/mol. The number of nitrogens with zero attached hydrogens (tertiary/aromatic N) is 5. The molecule has 106 valence electrons. The van der Waals surface area contributed by atoms with E-state index in [1.807, 2.05) is 9.58 Å². The number of thioether (sulfide) groups is 1. The van der Waals surface area contributed by atoms with Crippen molar-refractivity contribution in [1.82, 2.24) is 24.6 Å². The van der Waals surface area contributed by atoms with E-state index in [0.29, 0.717) is 5.75 Å². The van der Waals surface area contributed by atoms with Gasteiger partial charge in [0.2, 0.25) is 5.91 Å². The first-order chi connectivity index (χ1) is 9.29. The van der Waals surface area contributed by atoms with Crippen LogP contribution in [-0.4, -0.2) is 74.7 Å². The van der Waals surface area contributed by atoms with Gasteiger partial charge in [-0.3, -0.25) is 14.4 Å². The number of carbonyl (C=O) groups excluding carboxylic acids is 1. The predicted octanol–water partition coefficient (Wildman–Crippen LogP) is 0.175. The van der Waals surface area contributed by atoms with Crippen LogP contribution >= 0.6 is 11.8 Å². The Bertz CT molecular complexity index is 375. The summed E-state index contributed by atoms with van der Waals surface area (Å²) < 4.78 is 1.84. The van der Waals surface area contributed by atoms with E-state index in [0.717, 1.165) is 45.0 Å². The molecule has 1 aromatic heterocycles. The fourth-order valence-electron chi connectivity index (χ4n) is 2.09. The third-order valence-electron chi connectivity index (χ3n) is 3.27. The van der Waals surface area contributed by atoms with Crippen LogP contribution in [0.2, 0.25) is 0 Å². The maximum atomic E-state index is 11.9. The normalized spacial score (nSPS) is 16.8. The molecule has 1 aromatic rings. The number of piperazine rings is 1. The summed E-state index contributed by atoms with van der Waals surface area (Å²) in [6.45, 7) is 7.52. The van der Waals surface area contributed by atoms with Crippen molar-refractivity contribution in [1.29, 1.82) is 0 Å². The van der Waals surface area contributed by atoms with Crippen molar-refractivity contribution in [2.75, 3.05) is 44.2 Å². The Morgan fingerprint density at radius 1 is 1.26 bits per heavy atom. The summed E-state index contributed by atoms with van der Waals surface area (Å²) in [5.74, 6) is 1.90. The van der Waals surface area contributed by atoms with E-state index in [2.05, 4.69) is 21.9 Å². The summed E-state index contributed by atoms with van der Waals surface area (Å²) in [5.41, 5.74) is 0. The molecule has 0 unspecified atom stereocenters. The number of aromatic nitrogens is 3. The van der Waals surface area contributed by atoms with Gasteiger partial charge in [0.05, 0.1) is 12.3 Å². The van der Waals surface area contributed by atoms with E-state index in [-0.39, 0.29) is 5.91 Å². The van der Waals surface area contributed by atoms with Gasteiger partial charge in [0.1, 0.15) is 12.7 Å². The number of amides is 1. The van der Waals surface area contributed by atoms with E-state index < -0.39 is 0 Å². The molecule has 2 heterocycles. The molecule has 0 radical (unpaired) electrons. The van der Waals surface area contributed by atoms with Gasteiger partial charge >= 0.3 is 0 Å². The molecule has 0 aliphatic carbocycles. The van der Waals surface area contributed by atoms with Crippen LogP contribution in [0.4, 0.5) is 0 Å². The van der Waals surface area contributed by atoms with Crippen LogP contribution < -0.4 is 0 Å². The largest absolute Gasteiger partial charge is 0.339 e. The lowest BCUT2D eigenvalue weighted by molar-refractivity contribution is -0.130. The summed E-state index contributed by atoms with van der Waals surface area (Å²) >= 11 is 1.70. The molecule has 0 aromatic carbocycles. The minimum atomic E-state index is 0.280. The Kier molecular flexibility index (Phi) is 5.65. The zero-order chi connectivity index (χ0) is 13.5. The monoisotopic (exact) mass is 283 g/mol. The molecule has 7 heteroatoms. The Balaban J connectivity index is 1.66. The summed E-state index contributed by atoms with van der Waals surface area (Å²) in [5, 5.41) is 4.09. The van der Waals surface area contributed by atoms with Gasteiger partial charge in [-0.25, -0.2) is 4.98 Å². The average Bonchev–Trinajstić information content (AvgIpc) is 2.96. The van der Waals surface area contributed by atoms with Gasteiger partial charge in [0, 0.05) is 32.7 Å². The van der Waals surface area contributed by atoms with Gasteiger partial charge in [-0.15, -0.1) is 0 Å². The van der Waals surface area contributed by atoms with Crippen molar-refractivity contribution in [3.05, 3.63) is 12.7 Å². The van der Waals surface area contributed by atoms with E-state index in [9.17, 15) is 4.79 Å². The van der Waals surface area contributed by atoms with Gasteiger partial charge < -0.3 is 4.90 Å². The summed E-state index contributed by atoms with van der Waals surface area (Å²) in [7, 11) is 0. The number of carbonyl (C=O) groups is 1. The quantitative estimate of drug-likeness (QED) is 0.745. The van der Waals surface area contributed by atoms with Crippen molar-refractivity contribution >= 4 is 17.7 Å². The lowest BCUT2D eigenvalue weighted by atomic mass is 10.3. The highest BCUT2D eigenvalue weighted by Gasteiger charge is 2.20. The zero-order valence-corrected chi connectivity index (χ0v) is 12.2. The summed E-state index contributed by atoms with van der Waals surface area (Å²) in [4.78, 5) is 20.2. The maximum absolute atomic E-state index is 11.9. The summed E-state index contributed by atoms with van der Waals surface area (Å²) in [6, 6.07) is 0. The zero-order valence-electron chi connectivity index (χ0n) is 11.4. The maximum Gasteiger partial charge on any atom is 0.232 e. The Hall–Kier alpha value is -1.08. The molecular weight excluding hydrogens is 262 g/mol. The molecule has 0 spiro atoms. The van der Waals surface area contributed by atoms with Crippen LogP contribution in [-0.2, 0) is 11.3 Å². The molecule has 0 N–H and O–H groups in total. The van der Waals surface area contributed by atoms with Crippen LogP contribution in [0.5, 0.6) is 0 Å². The van der Waals surface area contributed by atoms with Crippen LogP contribution in [0, 0.1) is 0 Å². The van der Waals surface area contributed by atoms with Gasteiger partial charge in [-0.2, -0.15) is 16.9 Å². The molecular formula is C12H21N5OS. The minimum Gasteiger partial charge on any atom is -0.339 e. The topological polar surface area (TPSA) is 54.3 Å². The molecule has 6 nitrogen and oxygen atoms in total. The van der Waals surface area contributed by atoms with Crippen LogP contribution in [0.3, 0.4) is 0 Å². The van der Waals surface area contributed by atoms with E-state index in [4.69, 9.17) is 0 Å². The molecule has 0 saturated carbocycles. The first kappa shape index (κ1) is 14.3. The molecule has 19 heavy (non-hydrogen) atoms. The van der Waals surface area contributed by atoms with Crippen LogP contribution in [0.25, 0.3) is 0 Å². The fourth-order valence-corrected chi connectivity index (χ4v) is 2.65. The predicted molar refractivity (Wildman–Crippen MR) is 76.0 cm³/mol. The smallest absolute Gasteiger partial charge is 0.232 e. The molecule has 2 rings (SSSR count). The number of rotatable bonds is 6. The standard InChI is InChI=1S/C12H21N5OS/c1-2-19-9-12(18)16-6-3-15(4-7-16)5-8-17-11-13-10-14-17/h10-11H,2-9H2,1H3. The highest BCUT2D eigenvalue weighted by atomic mass is 32.2. The lowest BCUT2D eigenvalue weighted by Crippen LogP contribution is -2.49. The van der Waals surface area contributed by atoms with Gasteiger partial charge in [-0.05, 0) is 5.75 Å². The van der Waals surface area contributed by atoms with Crippen LogP contribution in [0.15, 0.2) is 12.7 Å². The third kappa shape index (κ3) is 4.50. The van der Waals surface area contributed by atoms with Crippen LogP contribution in [0.1, 0.15) is 6.92 Å². The van der Waals surface area contributed by atoms with E-state index in [1.165, 1.54) is 0 Å². The van der Waals surface area contributed by atoms with Crippen molar-refractivity contribution < 1.29 is 4.79 Å². The van der Waals surface area contributed by atoms with Crippen molar-refractivity contribution in [2.24, 2.45) is 0 Å². The van der Waals surface area contributed by atoms with E-state index >= 15 is 0 Å². The molecule has 1 amide bonds. The van der Waals surface area contributed by atoms with Gasteiger partial charge in [0.25, 0.3) is 0 Å². The SMILES string of the molecule is CCSCC(=O)N1CCN(CCn2cncn2)CC1. The molecule has 1 saturated heterocycles. The van der Waals surface area contributed by atoms with Gasteiger partial charge in [-0.1, -0.05) is 6.92 Å². The molecule has 0 atom stereocenters. The van der Waals surface area contributed by atoms with Gasteiger partial charge in [0.15, 0.2) is 0 Å². The Morgan fingerprint density at radius 3 is 2.68 bits per heavy atom. The first-order valence-corrected chi connectivity index (χ1v) is 7.85. The lowest BCUT2D eigenvalue weighted by Gasteiger charge is -2.34.